The van der Waals surface area contributed by atoms with Crippen LogP contribution in [0.2, 0.25) is 13.3 Å². The second-order valence-electron chi connectivity index (χ2n) is 8.92. The first-order valence-electron chi connectivity index (χ1n) is 10.6. The number of Topliss-reactive ketones (excluding diaryl/α,β-unsaturated/α-hetero) is 1. The van der Waals surface area contributed by atoms with Gasteiger partial charge < -0.3 is 0 Å². The molecule has 0 aliphatic heterocycles. The third-order valence-corrected chi connectivity index (χ3v) is 19.3. The Kier molecular flexibility index (Phi) is 12.8. The molecule has 26 heavy (non-hydrogen) atoms. The van der Waals surface area contributed by atoms with Crippen LogP contribution in [0.25, 0.3) is 0 Å². The van der Waals surface area contributed by atoms with Crippen molar-refractivity contribution >= 4 is 30.1 Å². The van der Waals surface area contributed by atoms with Crippen LogP contribution < -0.4 is 5.32 Å². The van der Waals surface area contributed by atoms with E-state index in [1.807, 2.05) is 20.8 Å². The van der Waals surface area contributed by atoms with Crippen molar-refractivity contribution in [2.45, 2.75) is 106 Å². The van der Waals surface area contributed by atoms with Gasteiger partial charge in [-0.2, -0.15) is 0 Å². The van der Waals surface area contributed by atoms with Crippen molar-refractivity contribution in [1.82, 2.24) is 5.32 Å². The maximum absolute atomic E-state index is 12.6. The van der Waals surface area contributed by atoms with Crippen LogP contribution in [0.5, 0.6) is 0 Å². The van der Waals surface area contributed by atoms with E-state index in [1.54, 1.807) is 13.0 Å². The van der Waals surface area contributed by atoms with Gasteiger partial charge in [0.05, 0.1) is 0 Å². The van der Waals surface area contributed by atoms with Crippen LogP contribution in [0.15, 0.2) is 10.2 Å². The molecule has 0 radical (unpaired) electrons. The van der Waals surface area contributed by atoms with Crippen LogP contribution in [-0.2, 0) is 9.59 Å². The fraction of sp³-hybridized carbons (Fsp3) is 0.818. The van der Waals surface area contributed by atoms with Crippen LogP contribution in [0, 0.1) is 5.41 Å². The molecule has 1 amide bonds. The Morgan fingerprint density at radius 1 is 0.923 bits per heavy atom. The van der Waals surface area contributed by atoms with E-state index < -0.39 is 24.4 Å². The number of amides is 1. The zero-order valence-corrected chi connectivity index (χ0v) is 21.3. The number of carbonyl (C=O) groups excluding carboxylic acids is 2. The summed E-state index contributed by atoms with van der Waals surface area (Å²) in [5.74, 6) is -0.0670. The number of hydrogen-bond acceptors (Lipinski definition) is 2. The third kappa shape index (κ3) is 10.1. The molecule has 0 aromatic heterocycles. The fourth-order valence-electron chi connectivity index (χ4n) is 3.58. The first-order chi connectivity index (χ1) is 12.1. The monoisotopic (exact) mass is 473 g/mol. The van der Waals surface area contributed by atoms with Gasteiger partial charge >= 0.3 is 167 Å². The fourth-order valence-corrected chi connectivity index (χ4v) is 17.6. The summed E-state index contributed by atoms with van der Waals surface area (Å²) in [6.45, 7) is 14.3. The molecule has 0 saturated heterocycles. The molecule has 0 spiro atoms. The Balaban J connectivity index is 5.29. The molecular formula is C22H43NO2Sn. The van der Waals surface area contributed by atoms with Crippen molar-refractivity contribution < 1.29 is 9.59 Å². The molecular weight excluding hydrogens is 429 g/mol. The molecule has 1 atom stereocenters. The molecule has 0 unspecified atom stereocenters. The van der Waals surface area contributed by atoms with Gasteiger partial charge in [-0.05, 0) is 0 Å². The molecule has 0 bridgehead atoms. The minimum absolute atomic E-state index is 0.0250. The molecule has 0 heterocycles. The number of ketones is 1. The van der Waals surface area contributed by atoms with Crippen molar-refractivity contribution in [1.29, 1.82) is 0 Å². The number of carbonyl (C=O) groups is 2. The summed E-state index contributed by atoms with van der Waals surface area (Å²) in [6.07, 6.45) is 9.33. The van der Waals surface area contributed by atoms with Gasteiger partial charge in [-0.3, -0.25) is 0 Å². The Morgan fingerprint density at radius 3 is 1.65 bits per heavy atom. The molecule has 1 N–H and O–H groups in total. The van der Waals surface area contributed by atoms with Crippen LogP contribution in [0.4, 0.5) is 0 Å². The van der Waals surface area contributed by atoms with Crippen molar-refractivity contribution in [3.63, 3.8) is 0 Å². The Labute approximate surface area is 166 Å². The van der Waals surface area contributed by atoms with E-state index in [0.717, 1.165) is 0 Å². The van der Waals surface area contributed by atoms with Crippen molar-refractivity contribution in [2.24, 2.45) is 5.41 Å². The first-order valence-corrected chi connectivity index (χ1v) is 18.3. The molecule has 152 valence electrons. The van der Waals surface area contributed by atoms with E-state index in [0.29, 0.717) is 0 Å². The SMILES string of the molecule is CCC[CH2][Sn](/[CH]=C\C(=O)N[C@H](C(C)=O)C(C)(C)C)([CH2]CCC)[CH2]CCC. The first kappa shape index (κ1) is 25.7. The summed E-state index contributed by atoms with van der Waals surface area (Å²) >= 11 is -2.44. The summed E-state index contributed by atoms with van der Waals surface area (Å²) < 4.78 is 6.42. The van der Waals surface area contributed by atoms with E-state index in [2.05, 4.69) is 30.2 Å². The van der Waals surface area contributed by atoms with Gasteiger partial charge in [-0.25, -0.2) is 0 Å². The van der Waals surface area contributed by atoms with E-state index in [-0.39, 0.29) is 17.1 Å². The van der Waals surface area contributed by atoms with Gasteiger partial charge in [-0.15, -0.1) is 0 Å². The molecule has 0 aromatic carbocycles. The molecule has 0 aromatic rings. The Bertz CT molecular complexity index is 430. The summed E-state index contributed by atoms with van der Waals surface area (Å²) in [6, 6.07) is -0.425. The predicted molar refractivity (Wildman–Crippen MR) is 116 cm³/mol. The van der Waals surface area contributed by atoms with E-state index in [1.165, 1.54) is 51.8 Å². The average Bonchev–Trinajstić information content (AvgIpc) is 2.57. The van der Waals surface area contributed by atoms with Gasteiger partial charge in [0, 0.05) is 0 Å². The third-order valence-electron chi connectivity index (χ3n) is 5.23. The minimum atomic E-state index is -2.44. The quantitative estimate of drug-likeness (QED) is 0.262. The number of unbranched alkanes of at least 4 members (excludes halogenated alkanes) is 3. The Hall–Kier alpha value is -0.321. The van der Waals surface area contributed by atoms with Crippen molar-refractivity contribution in [2.75, 3.05) is 0 Å². The van der Waals surface area contributed by atoms with E-state index >= 15 is 0 Å². The summed E-state index contributed by atoms with van der Waals surface area (Å²) in [5, 5.41) is 2.96. The molecule has 0 fully saturated rings. The van der Waals surface area contributed by atoms with E-state index in [9.17, 15) is 9.59 Å². The molecule has 0 aliphatic carbocycles. The standard InChI is InChI=1S/C10H16NO2.3C4H9.Sn/c1-6-8(13)11-9(7(2)12)10(3,4)5;3*1-3-4-2;/h1,6,9H,2-5H3,(H,11,13);3*1,3-4H2,2H3;/t9-;;;;/m1..../s1. The predicted octanol–water partition coefficient (Wildman–Crippen LogP) is 6.05. The summed E-state index contributed by atoms with van der Waals surface area (Å²) in [7, 11) is 0. The van der Waals surface area contributed by atoms with Gasteiger partial charge in [0.2, 0.25) is 0 Å². The molecule has 0 saturated carbocycles. The van der Waals surface area contributed by atoms with E-state index in [4.69, 9.17) is 0 Å². The van der Waals surface area contributed by atoms with Gasteiger partial charge in [0.15, 0.2) is 0 Å². The number of hydrogen-bond donors (Lipinski definition) is 1. The van der Waals surface area contributed by atoms with Crippen LogP contribution in [-0.4, -0.2) is 36.1 Å². The zero-order chi connectivity index (χ0) is 20.2. The topological polar surface area (TPSA) is 46.2 Å². The number of nitrogens with one attached hydrogen (secondary N) is 1. The summed E-state index contributed by atoms with van der Waals surface area (Å²) in [4.78, 5) is 24.5. The maximum atomic E-state index is 12.6. The van der Waals surface area contributed by atoms with Gasteiger partial charge in [0.25, 0.3) is 0 Å². The molecule has 4 heteroatoms. The second-order valence-corrected chi connectivity index (χ2v) is 21.9. The summed E-state index contributed by atoms with van der Waals surface area (Å²) in [5.41, 5.74) is -0.262. The van der Waals surface area contributed by atoms with Crippen LogP contribution >= 0.6 is 0 Å². The average molecular weight is 472 g/mol. The van der Waals surface area contributed by atoms with Crippen molar-refractivity contribution in [3.05, 3.63) is 10.2 Å². The number of rotatable bonds is 13. The normalized spacial score (nSPS) is 13.8. The molecule has 0 aliphatic rings. The van der Waals surface area contributed by atoms with Crippen LogP contribution in [0.3, 0.4) is 0 Å². The van der Waals surface area contributed by atoms with Crippen molar-refractivity contribution in [3.8, 4) is 0 Å². The zero-order valence-electron chi connectivity index (χ0n) is 18.4. The van der Waals surface area contributed by atoms with Gasteiger partial charge in [-0.1, -0.05) is 0 Å². The molecule has 3 nitrogen and oxygen atoms in total. The molecule has 0 rings (SSSR count). The van der Waals surface area contributed by atoms with Crippen LogP contribution in [0.1, 0.15) is 87.0 Å². The Morgan fingerprint density at radius 2 is 1.35 bits per heavy atom. The van der Waals surface area contributed by atoms with Gasteiger partial charge in [0.1, 0.15) is 0 Å². The second kappa shape index (κ2) is 13.0.